The molecule has 2 aromatic carbocycles. The average Bonchev–Trinajstić information content (AvgIpc) is 2.55. The Kier molecular flexibility index (Phi) is 4.52. The van der Waals surface area contributed by atoms with Crippen molar-refractivity contribution in [2.75, 3.05) is 18.5 Å². The van der Waals surface area contributed by atoms with Gasteiger partial charge in [0.2, 0.25) is 5.91 Å². The SMILES string of the molecule is O=C(Cc1cc(Cl)c2c(c1)OCCO2)Nc1cccc([N+](=O)[O-])c1. The lowest BCUT2D eigenvalue weighted by molar-refractivity contribution is -0.384. The van der Waals surface area contributed by atoms with Crippen LogP contribution >= 0.6 is 11.6 Å². The number of carbonyl (C=O) groups excluding carboxylic acids is 1. The molecule has 124 valence electrons. The molecule has 0 saturated heterocycles. The number of non-ortho nitro benzene ring substituents is 1. The van der Waals surface area contributed by atoms with Gasteiger partial charge >= 0.3 is 0 Å². The van der Waals surface area contributed by atoms with Crippen LogP contribution in [0.15, 0.2) is 36.4 Å². The molecule has 0 aromatic heterocycles. The molecule has 24 heavy (non-hydrogen) atoms. The second kappa shape index (κ2) is 6.76. The molecule has 8 heteroatoms. The Morgan fingerprint density at radius 2 is 2.04 bits per heavy atom. The zero-order valence-electron chi connectivity index (χ0n) is 12.5. The first kappa shape index (κ1) is 16.1. The normalized spacial score (nSPS) is 12.5. The number of nitro benzene ring substituents is 1. The Labute approximate surface area is 142 Å². The van der Waals surface area contributed by atoms with Crippen LogP contribution in [0.25, 0.3) is 0 Å². The molecule has 1 heterocycles. The number of hydrogen-bond donors (Lipinski definition) is 1. The van der Waals surface area contributed by atoms with E-state index < -0.39 is 4.92 Å². The van der Waals surface area contributed by atoms with E-state index in [1.807, 2.05) is 0 Å². The summed E-state index contributed by atoms with van der Waals surface area (Å²) < 4.78 is 10.9. The van der Waals surface area contributed by atoms with Gasteiger partial charge in [-0.05, 0) is 23.8 Å². The Morgan fingerprint density at radius 1 is 1.25 bits per heavy atom. The van der Waals surface area contributed by atoms with Crippen molar-refractivity contribution in [3.63, 3.8) is 0 Å². The van der Waals surface area contributed by atoms with E-state index in [0.717, 1.165) is 0 Å². The van der Waals surface area contributed by atoms with Crippen LogP contribution in [0.4, 0.5) is 11.4 Å². The summed E-state index contributed by atoms with van der Waals surface area (Å²) in [6, 6.07) is 9.09. The lowest BCUT2D eigenvalue weighted by atomic mass is 10.1. The highest BCUT2D eigenvalue weighted by Gasteiger charge is 2.18. The number of nitrogens with one attached hydrogen (secondary N) is 1. The van der Waals surface area contributed by atoms with E-state index in [2.05, 4.69) is 5.32 Å². The topological polar surface area (TPSA) is 90.7 Å². The Hall–Kier alpha value is -2.80. The van der Waals surface area contributed by atoms with E-state index in [1.165, 1.54) is 18.2 Å². The number of amides is 1. The third-order valence-corrected chi connectivity index (χ3v) is 3.64. The van der Waals surface area contributed by atoms with Crippen LogP contribution in [-0.4, -0.2) is 24.0 Å². The molecule has 7 nitrogen and oxygen atoms in total. The largest absolute Gasteiger partial charge is 0.486 e. The van der Waals surface area contributed by atoms with E-state index in [0.29, 0.717) is 41.0 Å². The van der Waals surface area contributed by atoms with E-state index in [-0.39, 0.29) is 18.0 Å². The predicted molar refractivity (Wildman–Crippen MR) is 87.9 cm³/mol. The number of fused-ring (bicyclic) bond motifs is 1. The minimum absolute atomic E-state index is 0.0546. The van der Waals surface area contributed by atoms with Gasteiger partial charge in [0.15, 0.2) is 11.5 Å². The summed E-state index contributed by atoms with van der Waals surface area (Å²) in [4.78, 5) is 22.4. The van der Waals surface area contributed by atoms with E-state index in [1.54, 1.807) is 18.2 Å². The molecule has 2 aromatic rings. The molecule has 1 aliphatic rings. The molecular formula is C16H13ClN2O5. The van der Waals surface area contributed by atoms with Crippen LogP contribution in [0.5, 0.6) is 11.5 Å². The summed E-state index contributed by atoms with van der Waals surface area (Å²) in [5.41, 5.74) is 0.931. The fraction of sp³-hybridized carbons (Fsp3) is 0.188. The van der Waals surface area contributed by atoms with Crippen LogP contribution < -0.4 is 14.8 Å². The van der Waals surface area contributed by atoms with Gasteiger partial charge in [0.05, 0.1) is 16.4 Å². The first-order valence-corrected chi connectivity index (χ1v) is 7.53. The standard InChI is InChI=1S/C16H13ClN2O5/c17-13-6-10(7-14-16(13)24-5-4-23-14)8-15(20)18-11-2-1-3-12(9-11)19(21)22/h1-3,6-7,9H,4-5,8H2,(H,18,20). The number of ether oxygens (including phenoxy) is 2. The van der Waals surface area contributed by atoms with Crippen LogP contribution in [0.3, 0.4) is 0 Å². The van der Waals surface area contributed by atoms with Crippen molar-refractivity contribution in [2.45, 2.75) is 6.42 Å². The van der Waals surface area contributed by atoms with Crippen molar-refractivity contribution in [3.8, 4) is 11.5 Å². The maximum Gasteiger partial charge on any atom is 0.271 e. The van der Waals surface area contributed by atoms with Crippen LogP contribution in [0.2, 0.25) is 5.02 Å². The molecule has 0 spiro atoms. The summed E-state index contributed by atoms with van der Waals surface area (Å²) in [5, 5.41) is 13.8. The summed E-state index contributed by atoms with van der Waals surface area (Å²) in [7, 11) is 0. The van der Waals surface area contributed by atoms with Gasteiger partial charge in [-0.15, -0.1) is 0 Å². The zero-order chi connectivity index (χ0) is 17.1. The van der Waals surface area contributed by atoms with Gasteiger partial charge in [-0.2, -0.15) is 0 Å². The van der Waals surface area contributed by atoms with Gasteiger partial charge in [0.1, 0.15) is 13.2 Å². The van der Waals surface area contributed by atoms with Crippen molar-refractivity contribution in [2.24, 2.45) is 0 Å². The smallest absolute Gasteiger partial charge is 0.271 e. The van der Waals surface area contributed by atoms with E-state index in [9.17, 15) is 14.9 Å². The second-order valence-electron chi connectivity index (χ2n) is 5.13. The highest BCUT2D eigenvalue weighted by Crippen LogP contribution is 2.38. The molecule has 0 unspecified atom stereocenters. The molecule has 1 amide bonds. The van der Waals surface area contributed by atoms with Gasteiger partial charge in [-0.25, -0.2) is 0 Å². The Bertz CT molecular complexity index is 809. The predicted octanol–water partition coefficient (Wildman–Crippen LogP) is 3.20. The van der Waals surface area contributed by atoms with Gasteiger partial charge in [0, 0.05) is 17.8 Å². The summed E-state index contributed by atoms with van der Waals surface area (Å²) >= 11 is 6.13. The van der Waals surface area contributed by atoms with Crippen molar-refractivity contribution >= 4 is 28.9 Å². The number of rotatable bonds is 4. The number of nitrogens with zero attached hydrogens (tertiary/aromatic N) is 1. The molecule has 0 radical (unpaired) electrons. The fourth-order valence-electron chi connectivity index (χ4n) is 2.35. The van der Waals surface area contributed by atoms with Gasteiger partial charge in [-0.1, -0.05) is 17.7 Å². The number of benzene rings is 2. The lowest BCUT2D eigenvalue weighted by Crippen LogP contribution is -2.17. The molecule has 0 atom stereocenters. The van der Waals surface area contributed by atoms with Crippen LogP contribution in [-0.2, 0) is 11.2 Å². The maximum atomic E-state index is 12.1. The van der Waals surface area contributed by atoms with Crippen molar-refractivity contribution in [1.29, 1.82) is 0 Å². The number of carbonyl (C=O) groups is 1. The first-order valence-electron chi connectivity index (χ1n) is 7.15. The summed E-state index contributed by atoms with van der Waals surface area (Å²) in [6.07, 6.45) is 0.0546. The number of hydrogen-bond acceptors (Lipinski definition) is 5. The molecule has 0 fully saturated rings. The highest BCUT2D eigenvalue weighted by atomic mass is 35.5. The van der Waals surface area contributed by atoms with Crippen LogP contribution in [0.1, 0.15) is 5.56 Å². The molecule has 0 bridgehead atoms. The quantitative estimate of drug-likeness (QED) is 0.676. The number of nitro groups is 1. The van der Waals surface area contributed by atoms with Crippen molar-refractivity contribution < 1.29 is 19.2 Å². The number of anilines is 1. The Balaban J connectivity index is 1.72. The second-order valence-corrected chi connectivity index (χ2v) is 5.54. The zero-order valence-corrected chi connectivity index (χ0v) is 13.2. The fourth-order valence-corrected chi connectivity index (χ4v) is 2.64. The molecular weight excluding hydrogens is 336 g/mol. The van der Waals surface area contributed by atoms with E-state index in [4.69, 9.17) is 21.1 Å². The monoisotopic (exact) mass is 348 g/mol. The van der Waals surface area contributed by atoms with Gasteiger partial charge in [-0.3, -0.25) is 14.9 Å². The van der Waals surface area contributed by atoms with E-state index >= 15 is 0 Å². The Morgan fingerprint density at radius 3 is 2.83 bits per heavy atom. The molecule has 1 N–H and O–H groups in total. The molecule has 0 aliphatic carbocycles. The summed E-state index contributed by atoms with van der Waals surface area (Å²) in [6.45, 7) is 0.853. The molecule has 0 saturated carbocycles. The first-order chi connectivity index (χ1) is 11.5. The molecule has 3 rings (SSSR count). The third kappa shape index (κ3) is 3.57. The van der Waals surface area contributed by atoms with Crippen molar-refractivity contribution in [1.82, 2.24) is 0 Å². The van der Waals surface area contributed by atoms with Crippen LogP contribution in [0, 0.1) is 10.1 Å². The average molecular weight is 349 g/mol. The minimum atomic E-state index is -0.518. The lowest BCUT2D eigenvalue weighted by Gasteiger charge is -2.20. The van der Waals surface area contributed by atoms with Crippen molar-refractivity contribution in [3.05, 3.63) is 57.1 Å². The minimum Gasteiger partial charge on any atom is -0.486 e. The molecule has 1 aliphatic heterocycles. The summed E-state index contributed by atoms with van der Waals surface area (Å²) in [5.74, 6) is 0.668. The third-order valence-electron chi connectivity index (χ3n) is 3.36. The van der Waals surface area contributed by atoms with Gasteiger partial charge < -0.3 is 14.8 Å². The van der Waals surface area contributed by atoms with Gasteiger partial charge in [0.25, 0.3) is 5.69 Å². The number of halogens is 1. The maximum absolute atomic E-state index is 12.1. The highest BCUT2D eigenvalue weighted by molar-refractivity contribution is 6.32.